The monoisotopic (exact) mass is 699 g/mol. The van der Waals surface area contributed by atoms with Crippen molar-refractivity contribution in [1.29, 1.82) is 0 Å². The maximum Gasteiger partial charge on any atom is 0.171 e. The van der Waals surface area contributed by atoms with E-state index in [1.807, 2.05) is 54.6 Å². The van der Waals surface area contributed by atoms with Gasteiger partial charge < -0.3 is 28.4 Å². The van der Waals surface area contributed by atoms with Gasteiger partial charge in [0.15, 0.2) is 86.5 Å². The van der Waals surface area contributed by atoms with Crippen molar-refractivity contribution in [2.24, 2.45) is 0 Å². The van der Waals surface area contributed by atoms with E-state index >= 15 is 0 Å². The summed E-state index contributed by atoms with van der Waals surface area (Å²) < 4.78 is 37.1. The maximum atomic E-state index is 6.25. The lowest BCUT2D eigenvalue weighted by Gasteiger charge is -2.22. The smallest absolute Gasteiger partial charge is 0.171 e. The van der Waals surface area contributed by atoms with Gasteiger partial charge in [-0.2, -0.15) is 0 Å². The van der Waals surface area contributed by atoms with E-state index in [0.29, 0.717) is 120 Å². The average molecular weight is 700 g/mol. The van der Waals surface area contributed by atoms with Gasteiger partial charge >= 0.3 is 0 Å². The summed E-state index contributed by atoms with van der Waals surface area (Å²) >= 11 is 0. The zero-order valence-corrected chi connectivity index (χ0v) is 27.9. The van der Waals surface area contributed by atoms with Crippen molar-refractivity contribution in [1.82, 2.24) is 15.0 Å². The van der Waals surface area contributed by atoms with Gasteiger partial charge in [0, 0.05) is 51.6 Å². The highest BCUT2D eigenvalue weighted by molar-refractivity contribution is 5.73. The Balaban J connectivity index is 1.07. The fourth-order valence-corrected chi connectivity index (χ4v) is 6.19. The first-order chi connectivity index (χ1) is 26.5. The average Bonchev–Trinajstić information content (AvgIpc) is 3.22. The van der Waals surface area contributed by atoms with Crippen molar-refractivity contribution in [3.05, 3.63) is 126 Å². The van der Waals surface area contributed by atoms with Gasteiger partial charge in [-0.05, 0) is 91.0 Å². The largest absolute Gasteiger partial charge is 0.450 e. The second-order valence-electron chi connectivity index (χ2n) is 12.3. The van der Waals surface area contributed by atoms with Gasteiger partial charge in [-0.1, -0.05) is 17.8 Å². The van der Waals surface area contributed by atoms with Crippen molar-refractivity contribution in [2.75, 3.05) is 0 Å². The normalized spacial score (nSPS) is 12.2. The molecule has 0 spiro atoms. The minimum absolute atomic E-state index is 0.377. The summed E-state index contributed by atoms with van der Waals surface area (Å²) in [7, 11) is 0. The minimum atomic E-state index is 0.377. The molecule has 0 amide bonds. The van der Waals surface area contributed by atoms with Crippen LogP contribution in [-0.4, -0.2) is 15.0 Å². The molecule has 0 atom stereocenters. The lowest BCUT2D eigenvalue weighted by Crippen LogP contribution is -2.04. The quantitative estimate of drug-likeness (QED) is 0.167. The number of aromatic nitrogens is 3. The SMILES string of the molecule is C#Cc1ccc2c(c1)Oc1cc(-c3nc(-c4ccc5c(c4)Oc4cc(C#C)ccc4O5)nc(-c4ccc5c(c4)Oc4cc(C#C)ccc4O5)n3)ccc1O2. The van der Waals surface area contributed by atoms with Gasteiger partial charge in [-0.3, -0.25) is 0 Å². The summed E-state index contributed by atoms with van der Waals surface area (Å²) in [5.41, 5.74) is 3.97. The molecule has 0 bridgehead atoms. The Bertz CT molecular complexity index is 2570. The molecular formula is C45H21N3O6. The van der Waals surface area contributed by atoms with Crippen LogP contribution >= 0.6 is 0 Å². The van der Waals surface area contributed by atoms with Crippen LogP contribution in [0.25, 0.3) is 34.2 Å². The Hall–Kier alpha value is -8.19. The first-order valence-corrected chi connectivity index (χ1v) is 16.6. The minimum Gasteiger partial charge on any atom is -0.450 e. The van der Waals surface area contributed by atoms with Gasteiger partial charge in [-0.25, -0.2) is 15.0 Å². The molecule has 3 aliphatic heterocycles. The molecule has 3 aliphatic rings. The zero-order valence-electron chi connectivity index (χ0n) is 27.9. The van der Waals surface area contributed by atoms with E-state index in [1.165, 1.54) is 0 Å². The molecule has 9 heteroatoms. The van der Waals surface area contributed by atoms with Crippen molar-refractivity contribution in [3.63, 3.8) is 0 Å². The summed E-state index contributed by atoms with van der Waals surface area (Å²) in [4.78, 5) is 14.8. The van der Waals surface area contributed by atoms with Crippen LogP contribution in [0, 0.1) is 37.0 Å². The summed E-state index contributed by atoms with van der Waals surface area (Å²) in [6.45, 7) is 0. The molecule has 0 saturated carbocycles. The van der Waals surface area contributed by atoms with Crippen molar-refractivity contribution >= 4 is 0 Å². The van der Waals surface area contributed by atoms with E-state index in [2.05, 4.69) is 17.8 Å². The van der Waals surface area contributed by atoms with E-state index in [9.17, 15) is 0 Å². The molecule has 54 heavy (non-hydrogen) atoms. The number of ether oxygens (including phenoxy) is 6. The highest BCUT2D eigenvalue weighted by atomic mass is 16.6. The van der Waals surface area contributed by atoms with Crippen LogP contribution in [0.15, 0.2) is 109 Å². The topological polar surface area (TPSA) is 94.1 Å². The molecule has 0 unspecified atom stereocenters. The predicted octanol–water partition coefficient (Wildman–Crippen LogP) is 10.5. The van der Waals surface area contributed by atoms with Gasteiger partial charge in [0.2, 0.25) is 0 Å². The van der Waals surface area contributed by atoms with E-state index in [1.54, 1.807) is 54.6 Å². The molecule has 6 aromatic carbocycles. The number of hydrogen-bond donors (Lipinski definition) is 0. The fourth-order valence-electron chi connectivity index (χ4n) is 6.19. The van der Waals surface area contributed by atoms with E-state index in [-0.39, 0.29) is 0 Å². The molecule has 0 aliphatic carbocycles. The molecule has 0 saturated heterocycles. The third-order valence-electron chi connectivity index (χ3n) is 8.89. The molecule has 0 radical (unpaired) electrons. The van der Waals surface area contributed by atoms with Gasteiger partial charge in [0.1, 0.15) is 0 Å². The number of hydrogen-bond acceptors (Lipinski definition) is 9. The molecule has 1 aromatic heterocycles. The first-order valence-electron chi connectivity index (χ1n) is 16.6. The van der Waals surface area contributed by atoms with Crippen LogP contribution in [0.1, 0.15) is 16.7 Å². The van der Waals surface area contributed by atoms with Crippen LogP contribution in [0.4, 0.5) is 0 Å². The number of nitrogens with zero attached hydrogens (tertiary/aromatic N) is 3. The van der Waals surface area contributed by atoms with Crippen LogP contribution in [-0.2, 0) is 0 Å². The Labute approximate surface area is 308 Å². The Morgan fingerprint density at radius 3 is 0.815 bits per heavy atom. The summed E-state index contributed by atoms with van der Waals surface area (Å²) in [5, 5.41) is 0. The molecule has 4 heterocycles. The summed E-state index contributed by atoms with van der Waals surface area (Å²) in [6.07, 6.45) is 16.9. The number of terminal acetylenes is 3. The number of rotatable bonds is 3. The predicted molar refractivity (Wildman–Crippen MR) is 200 cm³/mol. The Morgan fingerprint density at radius 2 is 0.537 bits per heavy atom. The zero-order chi connectivity index (χ0) is 36.3. The van der Waals surface area contributed by atoms with Gasteiger partial charge in [0.05, 0.1) is 0 Å². The van der Waals surface area contributed by atoms with Crippen LogP contribution in [0.5, 0.6) is 69.0 Å². The van der Waals surface area contributed by atoms with Gasteiger partial charge in [0.25, 0.3) is 0 Å². The third-order valence-corrected chi connectivity index (χ3v) is 8.89. The van der Waals surface area contributed by atoms with E-state index in [4.69, 9.17) is 62.6 Å². The Morgan fingerprint density at radius 1 is 0.296 bits per heavy atom. The molecule has 252 valence electrons. The van der Waals surface area contributed by atoms with E-state index in [0.717, 1.165) is 0 Å². The molecule has 9 nitrogen and oxygen atoms in total. The lowest BCUT2D eigenvalue weighted by atomic mass is 10.1. The number of fused-ring (bicyclic) bond motifs is 6. The Kier molecular flexibility index (Phi) is 6.78. The lowest BCUT2D eigenvalue weighted by molar-refractivity contribution is 0.359. The second kappa shape index (κ2) is 12.0. The fraction of sp³-hybridized carbons (Fsp3) is 0. The van der Waals surface area contributed by atoms with Crippen molar-refractivity contribution < 1.29 is 28.4 Å². The summed E-state index contributed by atoms with van der Waals surface area (Å²) in [6, 6.07) is 32.5. The second-order valence-corrected chi connectivity index (χ2v) is 12.3. The highest BCUT2D eigenvalue weighted by Crippen LogP contribution is 2.50. The maximum absolute atomic E-state index is 6.25. The molecule has 0 N–H and O–H groups in total. The number of benzene rings is 6. The molecule has 0 fully saturated rings. The molecular weight excluding hydrogens is 679 g/mol. The van der Waals surface area contributed by atoms with E-state index < -0.39 is 0 Å². The third kappa shape index (κ3) is 5.24. The van der Waals surface area contributed by atoms with Crippen LogP contribution in [0.2, 0.25) is 0 Å². The van der Waals surface area contributed by atoms with Crippen molar-refractivity contribution in [2.45, 2.75) is 0 Å². The molecule has 10 rings (SSSR count). The molecule has 7 aromatic rings. The summed E-state index contributed by atoms with van der Waals surface area (Å²) in [5.74, 6) is 15.3. The van der Waals surface area contributed by atoms with Crippen LogP contribution < -0.4 is 28.4 Å². The first kappa shape index (κ1) is 30.6. The van der Waals surface area contributed by atoms with Crippen molar-refractivity contribution in [3.8, 4) is 140 Å². The van der Waals surface area contributed by atoms with Crippen LogP contribution in [0.3, 0.4) is 0 Å². The highest BCUT2D eigenvalue weighted by Gasteiger charge is 2.25. The van der Waals surface area contributed by atoms with Gasteiger partial charge in [-0.15, -0.1) is 19.3 Å². The standard InChI is InChI=1S/C45H21N3O6/c1-4-25-7-13-31-37(19-25)52-40-22-28(10-16-34(40)49-31)43-46-44(29-11-17-35-41(23-29)53-38-20-26(5-2)8-14-32(38)50-35)48-45(47-43)30-12-18-36-42(24-30)54-39-21-27(6-3)9-15-33(39)51-36/h1-3,7-24H.